The summed E-state index contributed by atoms with van der Waals surface area (Å²) in [5.74, 6) is -0.0274. The summed E-state index contributed by atoms with van der Waals surface area (Å²) in [6.07, 6.45) is 2.02. The first-order chi connectivity index (χ1) is 11.5. The zero-order chi connectivity index (χ0) is 17.1. The van der Waals surface area contributed by atoms with E-state index in [1.807, 2.05) is 0 Å². The van der Waals surface area contributed by atoms with Gasteiger partial charge in [-0.1, -0.05) is 37.7 Å². The number of amides is 1. The van der Waals surface area contributed by atoms with E-state index in [4.69, 9.17) is 0 Å². The maximum absolute atomic E-state index is 13.2. The molecule has 1 fully saturated rings. The summed E-state index contributed by atoms with van der Waals surface area (Å²) >= 11 is 1.29. The number of thioether (sulfide) groups is 1. The molecule has 1 heterocycles. The third-order valence-corrected chi connectivity index (χ3v) is 4.82. The van der Waals surface area contributed by atoms with Crippen molar-refractivity contribution in [2.45, 2.75) is 49.7 Å². The van der Waals surface area contributed by atoms with Gasteiger partial charge >= 0.3 is 0 Å². The minimum atomic E-state index is -0.511. The Balaban J connectivity index is 1.82. The lowest BCUT2D eigenvalue weighted by molar-refractivity contribution is -0.120. The first-order valence-corrected chi connectivity index (χ1v) is 8.89. The number of carbonyl (C=O) groups is 1. The Morgan fingerprint density at radius 2 is 2.08 bits per heavy atom. The summed E-state index contributed by atoms with van der Waals surface area (Å²) < 4.78 is 14.9. The quantitative estimate of drug-likeness (QED) is 0.778. The maximum atomic E-state index is 13.2. The third-order valence-electron chi connectivity index (χ3n) is 3.60. The summed E-state index contributed by atoms with van der Waals surface area (Å²) in [7, 11) is 0. The van der Waals surface area contributed by atoms with Crippen molar-refractivity contribution in [2.75, 3.05) is 0 Å². The van der Waals surface area contributed by atoms with Crippen LogP contribution in [0.5, 0.6) is 0 Å². The average Bonchev–Trinajstić information content (AvgIpc) is 3.24. The van der Waals surface area contributed by atoms with E-state index >= 15 is 0 Å². The molecule has 3 rings (SSSR count). The van der Waals surface area contributed by atoms with Crippen molar-refractivity contribution >= 4 is 17.7 Å². The molecule has 1 saturated carbocycles. The van der Waals surface area contributed by atoms with Crippen LogP contribution in [0.3, 0.4) is 0 Å². The summed E-state index contributed by atoms with van der Waals surface area (Å²) in [5, 5.41) is 14.8. The zero-order valence-corrected chi connectivity index (χ0v) is 14.5. The molecule has 128 valence electrons. The highest BCUT2D eigenvalue weighted by Crippen LogP contribution is 2.35. The van der Waals surface area contributed by atoms with Gasteiger partial charge in [0.15, 0.2) is 0 Å². The molecule has 0 saturated heterocycles. The highest BCUT2D eigenvalue weighted by atomic mass is 32.2. The average molecular weight is 349 g/mol. The van der Waals surface area contributed by atoms with Crippen LogP contribution in [-0.2, 0) is 11.3 Å². The molecule has 1 aromatic carbocycles. The molecular weight excluding hydrogens is 329 g/mol. The van der Waals surface area contributed by atoms with Crippen LogP contribution < -0.4 is 5.32 Å². The molecule has 8 heteroatoms. The van der Waals surface area contributed by atoms with Crippen LogP contribution >= 0.6 is 11.8 Å². The first kappa shape index (κ1) is 16.9. The molecular formula is C16H20FN5OS. The molecule has 1 amide bonds. The van der Waals surface area contributed by atoms with Gasteiger partial charge in [-0.15, -0.1) is 5.10 Å². The van der Waals surface area contributed by atoms with Gasteiger partial charge in [0, 0.05) is 12.6 Å². The van der Waals surface area contributed by atoms with Gasteiger partial charge in [-0.2, -0.15) is 0 Å². The van der Waals surface area contributed by atoms with Gasteiger partial charge in [-0.05, 0) is 46.9 Å². The molecule has 1 unspecified atom stereocenters. The summed E-state index contributed by atoms with van der Waals surface area (Å²) in [4.78, 5) is 12.6. The predicted molar refractivity (Wildman–Crippen MR) is 88.8 cm³/mol. The van der Waals surface area contributed by atoms with E-state index in [9.17, 15) is 9.18 Å². The van der Waals surface area contributed by atoms with E-state index in [0.717, 1.165) is 18.4 Å². The molecule has 0 radical (unpaired) electrons. The Labute approximate surface area is 144 Å². The number of halogens is 1. The van der Waals surface area contributed by atoms with Crippen molar-refractivity contribution in [3.63, 3.8) is 0 Å². The lowest BCUT2D eigenvalue weighted by Crippen LogP contribution is -2.30. The van der Waals surface area contributed by atoms with Crippen molar-refractivity contribution in [2.24, 2.45) is 5.92 Å². The summed E-state index contributed by atoms with van der Waals surface area (Å²) in [6.45, 7) is 4.83. The van der Waals surface area contributed by atoms with E-state index in [1.165, 1.54) is 23.9 Å². The number of nitrogens with one attached hydrogen (secondary N) is 1. The predicted octanol–water partition coefficient (Wildman–Crippen LogP) is 2.58. The minimum absolute atomic E-state index is 0.0896. The zero-order valence-electron chi connectivity index (χ0n) is 13.6. The van der Waals surface area contributed by atoms with Crippen LogP contribution in [0.1, 0.15) is 37.5 Å². The largest absolute Gasteiger partial charge is 0.352 e. The van der Waals surface area contributed by atoms with Crippen molar-refractivity contribution < 1.29 is 9.18 Å². The second-order valence-electron chi connectivity index (χ2n) is 6.37. The number of hydrogen-bond acceptors (Lipinski definition) is 5. The SMILES string of the molecule is CC(C)Cn1nnnc1SC(C(=O)NC1CC1)c1ccc(F)cc1. The Hall–Kier alpha value is -1.96. The fraction of sp³-hybridized carbons (Fsp3) is 0.500. The molecule has 1 atom stereocenters. The maximum Gasteiger partial charge on any atom is 0.238 e. The van der Waals surface area contributed by atoms with Crippen LogP contribution in [-0.4, -0.2) is 32.2 Å². The fourth-order valence-corrected chi connectivity index (χ4v) is 3.26. The molecule has 0 spiro atoms. The number of hydrogen-bond donors (Lipinski definition) is 1. The van der Waals surface area contributed by atoms with Gasteiger partial charge in [0.1, 0.15) is 11.1 Å². The second-order valence-corrected chi connectivity index (χ2v) is 7.44. The summed E-state index contributed by atoms with van der Waals surface area (Å²) in [5.41, 5.74) is 0.735. The van der Waals surface area contributed by atoms with Crippen LogP contribution in [0.25, 0.3) is 0 Å². The first-order valence-electron chi connectivity index (χ1n) is 8.01. The van der Waals surface area contributed by atoms with Crippen LogP contribution in [0.2, 0.25) is 0 Å². The molecule has 1 N–H and O–H groups in total. The highest BCUT2D eigenvalue weighted by Gasteiger charge is 2.30. The van der Waals surface area contributed by atoms with Gasteiger partial charge in [-0.3, -0.25) is 4.79 Å². The number of aromatic nitrogens is 4. The molecule has 6 nitrogen and oxygen atoms in total. The molecule has 1 aliphatic carbocycles. The van der Waals surface area contributed by atoms with Crippen molar-refractivity contribution in [1.82, 2.24) is 25.5 Å². The van der Waals surface area contributed by atoms with Crippen molar-refractivity contribution in [3.05, 3.63) is 35.6 Å². The highest BCUT2D eigenvalue weighted by molar-refractivity contribution is 8.00. The molecule has 0 bridgehead atoms. The Morgan fingerprint density at radius 3 is 2.71 bits per heavy atom. The second kappa shape index (κ2) is 7.29. The Morgan fingerprint density at radius 1 is 1.38 bits per heavy atom. The lowest BCUT2D eigenvalue weighted by atomic mass is 10.1. The molecule has 1 aliphatic rings. The molecule has 0 aliphatic heterocycles. The standard InChI is InChI=1S/C16H20FN5OS/c1-10(2)9-22-16(19-20-21-22)24-14(15(23)18-13-7-8-13)11-3-5-12(17)6-4-11/h3-6,10,13-14H,7-9H2,1-2H3,(H,18,23). The van der Waals surface area contributed by atoms with Gasteiger partial charge < -0.3 is 5.32 Å². The van der Waals surface area contributed by atoms with Crippen molar-refractivity contribution in [3.8, 4) is 0 Å². The number of carbonyl (C=O) groups excluding carboxylic acids is 1. The normalized spacial score (nSPS) is 15.5. The topological polar surface area (TPSA) is 72.7 Å². The number of tetrazole rings is 1. The molecule has 1 aromatic heterocycles. The van der Waals surface area contributed by atoms with Gasteiger partial charge in [-0.25, -0.2) is 9.07 Å². The minimum Gasteiger partial charge on any atom is -0.352 e. The monoisotopic (exact) mass is 349 g/mol. The van der Waals surface area contributed by atoms with Crippen LogP contribution in [0, 0.1) is 11.7 Å². The van der Waals surface area contributed by atoms with E-state index in [0.29, 0.717) is 17.6 Å². The number of benzene rings is 1. The van der Waals surface area contributed by atoms with Gasteiger partial charge in [0.2, 0.25) is 11.1 Å². The van der Waals surface area contributed by atoms with E-state index in [1.54, 1.807) is 16.8 Å². The molecule has 2 aromatic rings. The van der Waals surface area contributed by atoms with Crippen LogP contribution in [0.4, 0.5) is 4.39 Å². The van der Waals surface area contributed by atoms with Crippen molar-refractivity contribution in [1.29, 1.82) is 0 Å². The smallest absolute Gasteiger partial charge is 0.238 e. The molecule has 24 heavy (non-hydrogen) atoms. The van der Waals surface area contributed by atoms with Gasteiger partial charge in [0.25, 0.3) is 0 Å². The number of rotatable bonds is 7. The lowest BCUT2D eigenvalue weighted by Gasteiger charge is -2.16. The van der Waals surface area contributed by atoms with Crippen LogP contribution in [0.15, 0.2) is 29.4 Å². The summed E-state index contributed by atoms with van der Waals surface area (Å²) in [6, 6.07) is 6.26. The Kier molecular flexibility index (Phi) is 5.13. The Bertz CT molecular complexity index is 699. The fourth-order valence-electron chi connectivity index (χ4n) is 2.26. The van der Waals surface area contributed by atoms with E-state index < -0.39 is 5.25 Å². The van der Waals surface area contributed by atoms with Gasteiger partial charge in [0.05, 0.1) is 0 Å². The van der Waals surface area contributed by atoms with E-state index in [2.05, 4.69) is 34.7 Å². The third kappa shape index (κ3) is 4.31. The van der Waals surface area contributed by atoms with E-state index in [-0.39, 0.29) is 17.8 Å². The number of nitrogens with zero attached hydrogens (tertiary/aromatic N) is 4.